The van der Waals surface area contributed by atoms with Gasteiger partial charge in [0, 0.05) is 39.1 Å². The van der Waals surface area contributed by atoms with Crippen LogP contribution in [0.25, 0.3) is 11.1 Å². The molecule has 2 aliphatic heterocycles. The summed E-state index contributed by atoms with van der Waals surface area (Å²) in [5.74, 6) is 0.269. The van der Waals surface area contributed by atoms with Gasteiger partial charge in [-0.1, -0.05) is 30.3 Å². The van der Waals surface area contributed by atoms with Crippen molar-refractivity contribution in [1.29, 1.82) is 0 Å². The summed E-state index contributed by atoms with van der Waals surface area (Å²) >= 11 is 0. The lowest BCUT2D eigenvalue weighted by molar-refractivity contribution is -0.146. The Bertz CT molecular complexity index is 1170. The molecule has 2 heterocycles. The van der Waals surface area contributed by atoms with Crippen LogP contribution in [-0.4, -0.2) is 75.2 Å². The lowest BCUT2D eigenvalue weighted by atomic mass is 9.87. The van der Waals surface area contributed by atoms with Gasteiger partial charge in [0.05, 0.1) is 13.7 Å². The molecule has 0 atom stereocenters. The van der Waals surface area contributed by atoms with Crippen LogP contribution in [0.1, 0.15) is 42.7 Å². The number of rotatable bonds is 8. The number of aliphatic hydroxyl groups is 1. The highest BCUT2D eigenvalue weighted by Gasteiger charge is 2.55. The third kappa shape index (κ3) is 5.16. The highest BCUT2D eigenvalue weighted by Crippen LogP contribution is 2.38. The maximum atomic E-state index is 13.6. The molecule has 2 fully saturated rings. The first-order valence-electron chi connectivity index (χ1n) is 12.4. The summed E-state index contributed by atoms with van der Waals surface area (Å²) < 4.78 is 42.9. The number of nitrogens with zero attached hydrogens (tertiary/aromatic N) is 1. The normalized spacial score (nSPS) is 19.1. The summed E-state index contributed by atoms with van der Waals surface area (Å²) in [4.78, 5) is 12.6. The van der Waals surface area contributed by atoms with Crippen molar-refractivity contribution >= 4 is 16.0 Å². The van der Waals surface area contributed by atoms with Crippen LogP contribution in [0, 0.1) is 6.92 Å². The third-order valence-electron chi connectivity index (χ3n) is 7.37. The molecule has 2 aromatic rings. The van der Waals surface area contributed by atoms with Crippen LogP contribution in [0.15, 0.2) is 42.5 Å². The molecule has 2 aromatic carbocycles. The number of aliphatic hydroxyl groups excluding tert-OH is 1. The van der Waals surface area contributed by atoms with E-state index < -0.39 is 20.7 Å². The summed E-state index contributed by atoms with van der Waals surface area (Å²) in [6, 6.07) is 14.2. The van der Waals surface area contributed by atoms with E-state index in [0.29, 0.717) is 31.7 Å². The largest absolute Gasteiger partial charge is 0.491 e. The summed E-state index contributed by atoms with van der Waals surface area (Å²) in [6.07, 6.45) is 1.62. The van der Waals surface area contributed by atoms with Gasteiger partial charge in [0.2, 0.25) is 10.0 Å². The average molecular weight is 518 g/mol. The Balaban J connectivity index is 1.47. The van der Waals surface area contributed by atoms with Gasteiger partial charge in [0.15, 0.2) is 4.75 Å². The van der Waals surface area contributed by atoms with Crippen LogP contribution in [0.3, 0.4) is 0 Å². The van der Waals surface area contributed by atoms with Crippen molar-refractivity contribution < 1.29 is 32.5 Å². The molecule has 4 rings (SSSR count). The van der Waals surface area contributed by atoms with Gasteiger partial charge in [0.25, 0.3) is 0 Å². The van der Waals surface area contributed by atoms with Gasteiger partial charge >= 0.3 is 5.97 Å². The molecule has 0 aliphatic carbocycles. The highest BCUT2D eigenvalue weighted by atomic mass is 32.2. The maximum Gasteiger partial charge on any atom is 0.328 e. The molecular weight excluding hydrogens is 482 g/mol. The van der Waals surface area contributed by atoms with E-state index in [1.165, 1.54) is 17.0 Å². The fraction of sp³-hybridized carbons (Fsp3) is 0.519. The summed E-state index contributed by atoms with van der Waals surface area (Å²) in [6.45, 7) is 3.50. The van der Waals surface area contributed by atoms with Gasteiger partial charge in [-0.15, -0.1) is 0 Å². The van der Waals surface area contributed by atoms with Crippen LogP contribution < -0.4 is 4.74 Å². The van der Waals surface area contributed by atoms with Crippen molar-refractivity contribution in [2.24, 2.45) is 0 Å². The minimum absolute atomic E-state index is 0.0316. The average Bonchev–Trinajstić information content (AvgIpc) is 2.91. The molecule has 9 heteroatoms. The number of methoxy groups -OCH3 is 1. The van der Waals surface area contributed by atoms with Crippen LogP contribution in [0.2, 0.25) is 0 Å². The van der Waals surface area contributed by atoms with E-state index in [-0.39, 0.29) is 45.2 Å². The van der Waals surface area contributed by atoms with Crippen molar-refractivity contribution in [2.75, 3.05) is 46.6 Å². The second-order valence-electron chi connectivity index (χ2n) is 9.45. The SMILES string of the molecule is COC(=O)C1(S(=O)(=O)N2CCC(c3ccc(-c4cccc(OCCO)c4)c(C)c3)CC2)CCOCC1. The smallest absolute Gasteiger partial charge is 0.328 e. The number of hydrogen-bond acceptors (Lipinski definition) is 7. The fourth-order valence-corrected chi connectivity index (χ4v) is 7.48. The molecule has 0 radical (unpaired) electrons. The summed E-state index contributed by atoms with van der Waals surface area (Å²) in [7, 11) is -2.63. The standard InChI is InChI=1S/C27H35NO7S/c1-20-18-22(6-7-25(20)23-4-3-5-24(19-23)35-17-14-29)21-8-12-28(13-9-21)36(31,32)27(26(30)33-2)10-15-34-16-11-27/h3-7,18-19,21,29H,8-17H2,1-2H3. The number of piperidine rings is 1. The molecule has 196 valence electrons. The molecule has 8 nitrogen and oxygen atoms in total. The molecular formula is C27H35NO7S. The van der Waals surface area contributed by atoms with Crippen molar-refractivity contribution in [1.82, 2.24) is 4.31 Å². The topological polar surface area (TPSA) is 102 Å². The zero-order chi connectivity index (χ0) is 25.8. The number of aryl methyl sites for hydroxylation is 1. The summed E-state index contributed by atoms with van der Waals surface area (Å²) in [5.41, 5.74) is 4.47. The van der Waals surface area contributed by atoms with Gasteiger partial charge in [-0.2, -0.15) is 0 Å². The summed E-state index contributed by atoms with van der Waals surface area (Å²) in [5, 5.41) is 9.00. The Hall–Kier alpha value is -2.46. The molecule has 2 saturated heterocycles. The molecule has 0 saturated carbocycles. The number of carbonyl (C=O) groups excluding carboxylic acids is 1. The number of carbonyl (C=O) groups is 1. The minimum atomic E-state index is -3.87. The third-order valence-corrected chi connectivity index (χ3v) is 9.98. The first-order chi connectivity index (χ1) is 17.3. The second-order valence-corrected chi connectivity index (χ2v) is 11.7. The lowest BCUT2D eigenvalue weighted by Crippen LogP contribution is -2.57. The van der Waals surface area contributed by atoms with Crippen molar-refractivity contribution in [3.05, 3.63) is 53.6 Å². The van der Waals surface area contributed by atoms with Crippen LogP contribution in [0.4, 0.5) is 0 Å². The number of sulfonamides is 1. The number of ether oxygens (including phenoxy) is 3. The van der Waals surface area contributed by atoms with E-state index in [0.717, 1.165) is 16.7 Å². The molecule has 0 unspecified atom stereocenters. The monoisotopic (exact) mass is 517 g/mol. The molecule has 0 bridgehead atoms. The van der Waals surface area contributed by atoms with E-state index in [9.17, 15) is 13.2 Å². The molecule has 0 spiro atoms. The van der Waals surface area contributed by atoms with Gasteiger partial charge in [-0.3, -0.25) is 4.79 Å². The zero-order valence-electron chi connectivity index (χ0n) is 20.9. The second kappa shape index (κ2) is 11.3. The van der Waals surface area contributed by atoms with E-state index >= 15 is 0 Å². The highest BCUT2D eigenvalue weighted by molar-refractivity contribution is 7.91. The minimum Gasteiger partial charge on any atom is -0.491 e. The van der Waals surface area contributed by atoms with Crippen LogP contribution in [-0.2, 0) is 24.3 Å². The van der Waals surface area contributed by atoms with E-state index in [2.05, 4.69) is 25.1 Å². The van der Waals surface area contributed by atoms with Gasteiger partial charge in [0.1, 0.15) is 12.4 Å². The van der Waals surface area contributed by atoms with Gasteiger partial charge in [-0.05, 0) is 60.1 Å². The number of hydrogen-bond donors (Lipinski definition) is 1. The Morgan fingerprint density at radius 3 is 2.50 bits per heavy atom. The molecule has 0 amide bonds. The van der Waals surface area contributed by atoms with Crippen LogP contribution in [0.5, 0.6) is 5.75 Å². The first-order valence-corrected chi connectivity index (χ1v) is 13.9. The van der Waals surface area contributed by atoms with E-state index in [1.807, 2.05) is 24.3 Å². The maximum absolute atomic E-state index is 13.6. The molecule has 1 N–H and O–H groups in total. The van der Waals surface area contributed by atoms with E-state index in [1.54, 1.807) is 0 Å². The predicted molar refractivity (Wildman–Crippen MR) is 136 cm³/mol. The number of benzene rings is 2. The van der Waals surface area contributed by atoms with Crippen molar-refractivity contribution in [2.45, 2.75) is 43.3 Å². The Morgan fingerprint density at radius 2 is 1.86 bits per heavy atom. The van der Waals surface area contributed by atoms with Crippen molar-refractivity contribution in [3.63, 3.8) is 0 Å². The van der Waals surface area contributed by atoms with Crippen LogP contribution >= 0.6 is 0 Å². The Labute approximate surface area is 213 Å². The van der Waals surface area contributed by atoms with E-state index in [4.69, 9.17) is 19.3 Å². The quantitative estimate of drug-likeness (QED) is 0.536. The Kier molecular flexibility index (Phi) is 8.34. The Morgan fingerprint density at radius 1 is 1.14 bits per heavy atom. The lowest BCUT2D eigenvalue weighted by Gasteiger charge is -2.40. The zero-order valence-corrected chi connectivity index (χ0v) is 21.8. The van der Waals surface area contributed by atoms with Gasteiger partial charge < -0.3 is 19.3 Å². The molecule has 0 aromatic heterocycles. The molecule has 2 aliphatic rings. The number of esters is 1. The van der Waals surface area contributed by atoms with Gasteiger partial charge in [-0.25, -0.2) is 12.7 Å². The fourth-order valence-electron chi connectivity index (χ4n) is 5.31. The predicted octanol–water partition coefficient (Wildman–Crippen LogP) is 3.26. The first kappa shape index (κ1) is 26.6. The molecule has 36 heavy (non-hydrogen) atoms. The van der Waals surface area contributed by atoms with Crippen molar-refractivity contribution in [3.8, 4) is 16.9 Å².